The molecule has 0 heterocycles. The van der Waals surface area contributed by atoms with Crippen LogP contribution in [0.3, 0.4) is 0 Å². The first-order chi connectivity index (χ1) is 9.92. The fourth-order valence-corrected chi connectivity index (χ4v) is 5.46. The fraction of sp³-hybridized carbons (Fsp3) is 0.600. The number of ketones is 2. The van der Waals surface area contributed by atoms with Crippen molar-refractivity contribution in [2.75, 3.05) is 12.4 Å². The average molecular weight is 347 g/mol. The van der Waals surface area contributed by atoms with Gasteiger partial charge in [-0.25, -0.2) is 0 Å². The van der Waals surface area contributed by atoms with Gasteiger partial charge in [0.2, 0.25) is 5.78 Å². The van der Waals surface area contributed by atoms with Crippen molar-refractivity contribution in [3.05, 3.63) is 22.8 Å². The zero-order valence-electron chi connectivity index (χ0n) is 11.8. The Bertz CT molecular complexity index is 537. The fourth-order valence-electron chi connectivity index (χ4n) is 3.58. The van der Waals surface area contributed by atoms with Crippen molar-refractivity contribution in [2.24, 2.45) is 11.8 Å². The van der Waals surface area contributed by atoms with E-state index in [4.69, 9.17) is 27.9 Å². The molecule has 0 N–H and O–H groups in total. The van der Waals surface area contributed by atoms with E-state index in [1.54, 1.807) is 6.92 Å². The van der Waals surface area contributed by atoms with E-state index in [-0.39, 0.29) is 29.2 Å². The highest BCUT2D eigenvalue weighted by molar-refractivity contribution is 8.04. The topological polar surface area (TPSA) is 43.4 Å². The smallest absolute Gasteiger partial charge is 0.222 e. The summed E-state index contributed by atoms with van der Waals surface area (Å²) in [4.78, 5) is 23.5. The Morgan fingerprint density at radius 2 is 1.76 bits per heavy atom. The summed E-state index contributed by atoms with van der Waals surface area (Å²) in [6, 6.07) is 0. The van der Waals surface area contributed by atoms with Gasteiger partial charge in [-0.2, -0.15) is 0 Å². The second-order valence-electron chi connectivity index (χ2n) is 5.44. The molecule has 3 aliphatic rings. The minimum absolute atomic E-state index is 0.0987. The predicted molar refractivity (Wildman–Crippen MR) is 84.7 cm³/mol. The molecule has 0 aromatic carbocycles. The summed E-state index contributed by atoms with van der Waals surface area (Å²) in [6.45, 7) is 4.01. The zero-order chi connectivity index (χ0) is 15.4. The largest absolute Gasteiger partial charge is 0.489 e. The highest BCUT2D eigenvalue weighted by Crippen LogP contribution is 2.64. The summed E-state index contributed by atoms with van der Waals surface area (Å²) in [5, 5.41) is 0. The molecule has 21 heavy (non-hydrogen) atoms. The number of ether oxygens (including phenoxy) is 1. The number of thioether (sulfide) groups is 1. The molecule has 6 heteroatoms. The summed E-state index contributed by atoms with van der Waals surface area (Å²) in [7, 11) is 0. The summed E-state index contributed by atoms with van der Waals surface area (Å²) < 4.78 is 5.48. The van der Waals surface area contributed by atoms with Gasteiger partial charge < -0.3 is 4.74 Å². The number of fused-ring (bicyclic) bond motifs is 5. The van der Waals surface area contributed by atoms with Crippen LogP contribution >= 0.6 is 35.0 Å². The third kappa shape index (κ3) is 1.70. The van der Waals surface area contributed by atoms with E-state index < -0.39 is 9.75 Å². The molecule has 0 radical (unpaired) electrons. The standard InChI is InChI=1S/C15H16Cl2O3S/c1-3-20-10-11(21-4-2)13(19)15(17)9-6-5-8(7-9)14(15,16)12(10)18/h5-6,8-9H,3-4,7H2,1-2H3/t8-,9+,14-,15+/m1/s1. The van der Waals surface area contributed by atoms with Crippen molar-refractivity contribution in [2.45, 2.75) is 30.0 Å². The third-order valence-electron chi connectivity index (χ3n) is 4.49. The van der Waals surface area contributed by atoms with Gasteiger partial charge in [-0.1, -0.05) is 19.1 Å². The summed E-state index contributed by atoms with van der Waals surface area (Å²) in [5.74, 6) is -0.228. The molecule has 3 rings (SSSR count). The Morgan fingerprint density at radius 3 is 2.29 bits per heavy atom. The van der Waals surface area contributed by atoms with E-state index in [2.05, 4.69) is 0 Å². The maximum Gasteiger partial charge on any atom is 0.222 e. The number of hydrogen-bond donors (Lipinski definition) is 0. The molecule has 0 aromatic rings. The van der Waals surface area contributed by atoms with Crippen molar-refractivity contribution in [1.29, 1.82) is 0 Å². The Morgan fingerprint density at radius 1 is 1.19 bits per heavy atom. The zero-order valence-corrected chi connectivity index (χ0v) is 14.1. The minimum atomic E-state index is -1.41. The number of allylic oxidation sites excluding steroid dienone is 4. The molecule has 114 valence electrons. The maximum atomic E-state index is 13.0. The van der Waals surface area contributed by atoms with Crippen LogP contribution in [0.25, 0.3) is 0 Å². The second kappa shape index (κ2) is 5.04. The first-order valence-electron chi connectivity index (χ1n) is 7.08. The van der Waals surface area contributed by atoms with Gasteiger partial charge in [0, 0.05) is 11.8 Å². The maximum absolute atomic E-state index is 13.0. The highest BCUT2D eigenvalue weighted by Gasteiger charge is 2.75. The number of hydrogen-bond acceptors (Lipinski definition) is 4. The van der Waals surface area contributed by atoms with Crippen molar-refractivity contribution < 1.29 is 14.3 Å². The van der Waals surface area contributed by atoms with Gasteiger partial charge in [0.25, 0.3) is 0 Å². The van der Waals surface area contributed by atoms with Gasteiger partial charge in [-0.3, -0.25) is 9.59 Å². The number of rotatable bonds is 4. The van der Waals surface area contributed by atoms with Crippen molar-refractivity contribution in [1.82, 2.24) is 0 Å². The number of halogens is 2. The first-order valence-corrected chi connectivity index (χ1v) is 8.82. The van der Waals surface area contributed by atoms with Crippen LogP contribution in [-0.2, 0) is 14.3 Å². The van der Waals surface area contributed by atoms with Crippen molar-refractivity contribution >= 4 is 46.5 Å². The van der Waals surface area contributed by atoms with E-state index in [0.29, 0.717) is 23.7 Å². The van der Waals surface area contributed by atoms with Crippen LogP contribution in [0.15, 0.2) is 22.8 Å². The molecular weight excluding hydrogens is 331 g/mol. The van der Waals surface area contributed by atoms with Gasteiger partial charge in [-0.05, 0) is 19.1 Å². The van der Waals surface area contributed by atoms with Crippen LogP contribution in [0.5, 0.6) is 0 Å². The molecule has 4 atom stereocenters. The van der Waals surface area contributed by atoms with Crippen LogP contribution in [0.1, 0.15) is 20.3 Å². The molecule has 3 nitrogen and oxygen atoms in total. The summed E-state index contributed by atoms with van der Waals surface area (Å²) in [5.41, 5.74) is 0. The normalized spacial score (nSPS) is 41.0. The van der Waals surface area contributed by atoms with Crippen LogP contribution in [0.2, 0.25) is 0 Å². The quantitative estimate of drug-likeness (QED) is 0.578. The molecule has 1 fully saturated rings. The number of alkyl halides is 2. The molecule has 0 aromatic heterocycles. The number of Topliss-reactive ketones (excluding diaryl/α,β-unsaturated/α-hetero) is 2. The lowest BCUT2D eigenvalue weighted by molar-refractivity contribution is -0.130. The van der Waals surface area contributed by atoms with Crippen LogP contribution < -0.4 is 0 Å². The number of carbonyl (C=O) groups is 2. The van der Waals surface area contributed by atoms with Crippen LogP contribution in [0.4, 0.5) is 0 Å². The molecular formula is C15H16Cl2O3S. The molecule has 1 saturated carbocycles. The van der Waals surface area contributed by atoms with Crippen LogP contribution in [0, 0.1) is 11.8 Å². The van der Waals surface area contributed by atoms with Crippen molar-refractivity contribution in [3.63, 3.8) is 0 Å². The van der Waals surface area contributed by atoms with E-state index in [9.17, 15) is 9.59 Å². The van der Waals surface area contributed by atoms with Gasteiger partial charge in [0.15, 0.2) is 11.5 Å². The Labute approximate surface area is 138 Å². The lowest BCUT2D eigenvalue weighted by Gasteiger charge is -2.44. The SMILES string of the molecule is CCOC1=C(SCC)C(=O)[C@@]2(Cl)[C@H]3C=C[C@H](C3)[C@@]2(Cl)C1=O. The predicted octanol–water partition coefficient (Wildman–Crippen LogP) is 3.30. The van der Waals surface area contributed by atoms with E-state index in [1.165, 1.54) is 11.8 Å². The Hall–Kier alpha value is -0.450. The van der Waals surface area contributed by atoms with E-state index in [1.807, 2.05) is 19.1 Å². The van der Waals surface area contributed by atoms with Gasteiger partial charge in [0.1, 0.15) is 9.75 Å². The Balaban J connectivity index is 2.19. The number of carbonyl (C=O) groups excluding carboxylic acids is 2. The summed E-state index contributed by atoms with van der Waals surface area (Å²) >= 11 is 14.7. The van der Waals surface area contributed by atoms with Crippen LogP contribution in [-0.4, -0.2) is 33.7 Å². The molecule has 0 spiro atoms. The van der Waals surface area contributed by atoms with Gasteiger partial charge in [-0.15, -0.1) is 35.0 Å². The monoisotopic (exact) mass is 346 g/mol. The lowest BCUT2D eigenvalue weighted by Crippen LogP contribution is -2.62. The average Bonchev–Trinajstić information content (AvgIpc) is 3.03. The lowest BCUT2D eigenvalue weighted by atomic mass is 9.72. The van der Waals surface area contributed by atoms with E-state index >= 15 is 0 Å². The molecule has 2 bridgehead atoms. The van der Waals surface area contributed by atoms with Gasteiger partial charge in [0.05, 0.1) is 11.5 Å². The minimum Gasteiger partial charge on any atom is -0.489 e. The Kier molecular flexibility index (Phi) is 3.70. The van der Waals surface area contributed by atoms with E-state index in [0.717, 1.165) is 0 Å². The summed E-state index contributed by atoms with van der Waals surface area (Å²) in [6.07, 6.45) is 4.47. The molecule has 0 saturated heterocycles. The van der Waals surface area contributed by atoms with Crippen molar-refractivity contribution in [3.8, 4) is 0 Å². The third-order valence-corrected chi connectivity index (χ3v) is 7.04. The second-order valence-corrected chi connectivity index (χ2v) is 7.91. The molecule has 0 amide bonds. The molecule has 3 aliphatic carbocycles. The molecule has 0 unspecified atom stereocenters. The molecule has 0 aliphatic heterocycles. The van der Waals surface area contributed by atoms with Gasteiger partial charge >= 0.3 is 0 Å². The highest BCUT2D eigenvalue weighted by atomic mass is 35.5. The first kappa shape index (κ1) is 15.4.